The van der Waals surface area contributed by atoms with Gasteiger partial charge in [0.2, 0.25) is 0 Å². The first kappa shape index (κ1) is 19.7. The Morgan fingerprint density at radius 1 is 0.903 bits per heavy atom. The number of benzene rings is 3. The topological polar surface area (TPSA) is 50.4 Å². The van der Waals surface area contributed by atoms with Crippen LogP contribution >= 0.6 is 11.6 Å². The molecule has 2 aliphatic rings. The van der Waals surface area contributed by atoms with Gasteiger partial charge in [-0.15, -0.1) is 0 Å². The van der Waals surface area contributed by atoms with Crippen LogP contribution in [0.3, 0.4) is 0 Å². The van der Waals surface area contributed by atoms with E-state index in [1.807, 2.05) is 60.7 Å². The van der Waals surface area contributed by atoms with Crippen molar-refractivity contribution in [2.45, 2.75) is 24.8 Å². The van der Waals surface area contributed by atoms with E-state index in [1.165, 1.54) is 0 Å². The Labute approximate surface area is 186 Å². The first-order chi connectivity index (χ1) is 15.1. The lowest BCUT2D eigenvalue weighted by Crippen LogP contribution is -2.27. The van der Waals surface area contributed by atoms with Crippen molar-refractivity contribution in [3.63, 3.8) is 0 Å². The minimum Gasteiger partial charge on any atom is -0.497 e. The predicted octanol–water partition coefficient (Wildman–Crippen LogP) is 6.33. The molecule has 0 bridgehead atoms. The maximum absolute atomic E-state index is 13.5. The van der Waals surface area contributed by atoms with E-state index in [9.17, 15) is 4.79 Å². The summed E-state index contributed by atoms with van der Waals surface area (Å²) in [7, 11) is 1.66. The van der Waals surface area contributed by atoms with E-state index in [2.05, 4.69) is 22.8 Å². The SMILES string of the molecule is COc1ccc([C@H]2CC(=O)C3=C(C2)Nc2ccccc2N[C@@H]3c2ccccc2Cl)cc1. The summed E-state index contributed by atoms with van der Waals surface area (Å²) in [4.78, 5) is 13.5. The number of hydrogen-bond donors (Lipinski definition) is 2. The van der Waals surface area contributed by atoms with Gasteiger partial charge < -0.3 is 15.4 Å². The van der Waals surface area contributed by atoms with Crippen molar-refractivity contribution in [1.82, 2.24) is 0 Å². The summed E-state index contributed by atoms with van der Waals surface area (Å²) in [5, 5.41) is 7.78. The highest BCUT2D eigenvalue weighted by molar-refractivity contribution is 6.31. The fraction of sp³-hybridized carbons (Fsp3) is 0.192. The Balaban J connectivity index is 1.59. The molecule has 1 aliphatic carbocycles. The molecule has 0 saturated heterocycles. The van der Waals surface area contributed by atoms with E-state index in [-0.39, 0.29) is 17.7 Å². The molecule has 4 nitrogen and oxygen atoms in total. The van der Waals surface area contributed by atoms with Crippen LogP contribution in [0.25, 0.3) is 0 Å². The minimum atomic E-state index is -0.302. The van der Waals surface area contributed by atoms with Gasteiger partial charge in [0.25, 0.3) is 0 Å². The molecule has 2 atom stereocenters. The van der Waals surface area contributed by atoms with Crippen LogP contribution in [0.4, 0.5) is 11.4 Å². The van der Waals surface area contributed by atoms with Crippen LogP contribution in [-0.2, 0) is 4.79 Å². The minimum absolute atomic E-state index is 0.113. The van der Waals surface area contributed by atoms with Crippen LogP contribution in [-0.4, -0.2) is 12.9 Å². The first-order valence-corrected chi connectivity index (χ1v) is 10.8. The zero-order chi connectivity index (χ0) is 21.4. The van der Waals surface area contributed by atoms with Crippen molar-refractivity contribution in [3.8, 4) is 5.75 Å². The molecular weight excluding hydrogens is 408 g/mol. The first-order valence-electron chi connectivity index (χ1n) is 10.4. The Hall–Kier alpha value is -3.24. The smallest absolute Gasteiger partial charge is 0.163 e. The van der Waals surface area contributed by atoms with Crippen LogP contribution in [0.5, 0.6) is 5.75 Å². The molecule has 0 fully saturated rings. The Morgan fingerprint density at radius 3 is 2.35 bits per heavy atom. The lowest BCUT2D eigenvalue weighted by atomic mass is 9.78. The van der Waals surface area contributed by atoms with Crippen molar-refractivity contribution in [1.29, 1.82) is 0 Å². The molecule has 3 aromatic carbocycles. The molecule has 0 radical (unpaired) electrons. The number of methoxy groups -OCH3 is 1. The average molecular weight is 431 g/mol. The highest BCUT2D eigenvalue weighted by Gasteiger charge is 2.36. The summed E-state index contributed by atoms with van der Waals surface area (Å²) in [6.45, 7) is 0. The lowest BCUT2D eigenvalue weighted by Gasteiger charge is -2.30. The second-order valence-corrected chi connectivity index (χ2v) is 8.37. The number of fused-ring (bicyclic) bond motifs is 1. The van der Waals surface area contributed by atoms with Crippen LogP contribution < -0.4 is 15.4 Å². The molecule has 31 heavy (non-hydrogen) atoms. The zero-order valence-corrected chi connectivity index (χ0v) is 17.9. The molecule has 0 spiro atoms. The Kier molecular flexibility index (Phi) is 5.16. The standard InChI is InChI=1S/C26H23ClN2O2/c1-31-18-12-10-16(11-13-18)17-14-23-25(24(30)15-17)26(19-6-2-3-7-20(19)27)29-22-9-5-4-8-21(22)28-23/h2-13,17,26,28-29H,14-15H2,1H3/t17-,26-/m1/s1. The molecule has 0 saturated carbocycles. The molecule has 156 valence electrons. The van der Waals surface area contributed by atoms with Gasteiger partial charge >= 0.3 is 0 Å². The van der Waals surface area contributed by atoms with Crippen molar-refractivity contribution in [2.24, 2.45) is 0 Å². The van der Waals surface area contributed by atoms with Crippen molar-refractivity contribution >= 4 is 28.8 Å². The summed E-state index contributed by atoms with van der Waals surface area (Å²) >= 11 is 6.56. The van der Waals surface area contributed by atoms with E-state index in [4.69, 9.17) is 16.3 Å². The van der Waals surface area contributed by atoms with Gasteiger partial charge in [-0.1, -0.05) is 54.1 Å². The van der Waals surface area contributed by atoms with E-state index in [0.717, 1.165) is 45.9 Å². The zero-order valence-electron chi connectivity index (χ0n) is 17.2. The van der Waals surface area contributed by atoms with Gasteiger partial charge in [0.15, 0.2) is 5.78 Å². The monoisotopic (exact) mass is 430 g/mol. The third-order valence-corrected chi connectivity index (χ3v) is 6.46. The molecule has 5 rings (SSSR count). The number of ketones is 1. The van der Waals surface area contributed by atoms with Gasteiger partial charge in [0.05, 0.1) is 24.5 Å². The van der Waals surface area contributed by atoms with Gasteiger partial charge in [0.1, 0.15) is 5.75 Å². The average Bonchev–Trinajstić information content (AvgIpc) is 2.96. The van der Waals surface area contributed by atoms with Gasteiger partial charge in [-0.05, 0) is 53.8 Å². The molecule has 0 amide bonds. The fourth-order valence-corrected chi connectivity index (χ4v) is 4.79. The number of para-hydroxylation sites is 2. The molecule has 5 heteroatoms. The van der Waals surface area contributed by atoms with Crippen LogP contribution in [0.15, 0.2) is 84.1 Å². The molecule has 1 heterocycles. The molecule has 0 aromatic heterocycles. The number of hydrogen-bond acceptors (Lipinski definition) is 4. The maximum atomic E-state index is 13.5. The highest BCUT2D eigenvalue weighted by atomic mass is 35.5. The summed E-state index contributed by atoms with van der Waals surface area (Å²) in [5.74, 6) is 1.07. The van der Waals surface area contributed by atoms with Gasteiger partial charge in [-0.3, -0.25) is 4.79 Å². The predicted molar refractivity (Wildman–Crippen MR) is 125 cm³/mol. The highest BCUT2D eigenvalue weighted by Crippen LogP contribution is 2.45. The van der Waals surface area contributed by atoms with Crippen LogP contribution in [0.2, 0.25) is 5.02 Å². The number of anilines is 2. The Bertz CT molecular complexity index is 1170. The van der Waals surface area contributed by atoms with E-state index in [1.54, 1.807) is 7.11 Å². The van der Waals surface area contributed by atoms with Gasteiger partial charge in [0, 0.05) is 22.7 Å². The molecule has 2 N–H and O–H groups in total. The summed E-state index contributed by atoms with van der Waals surface area (Å²) in [6.07, 6.45) is 1.22. The number of carbonyl (C=O) groups excluding carboxylic acids is 1. The number of allylic oxidation sites excluding steroid dienone is 1. The van der Waals surface area contributed by atoms with Gasteiger partial charge in [-0.25, -0.2) is 0 Å². The van der Waals surface area contributed by atoms with E-state index >= 15 is 0 Å². The van der Waals surface area contributed by atoms with E-state index < -0.39 is 0 Å². The second kappa shape index (κ2) is 8.12. The third-order valence-electron chi connectivity index (χ3n) is 6.11. The fourth-order valence-electron chi connectivity index (χ4n) is 4.55. The number of nitrogens with one attached hydrogen (secondary N) is 2. The number of rotatable bonds is 3. The molecular formula is C26H23ClN2O2. The van der Waals surface area contributed by atoms with E-state index in [0.29, 0.717) is 11.4 Å². The quantitative estimate of drug-likeness (QED) is 0.509. The number of ether oxygens (including phenoxy) is 1. The number of carbonyl (C=O) groups is 1. The summed E-state index contributed by atoms with van der Waals surface area (Å²) in [6, 6.07) is 23.5. The summed E-state index contributed by atoms with van der Waals surface area (Å²) in [5.41, 5.74) is 5.70. The lowest BCUT2D eigenvalue weighted by molar-refractivity contribution is -0.116. The number of halogens is 1. The Morgan fingerprint density at radius 2 is 1.61 bits per heavy atom. The van der Waals surface area contributed by atoms with Crippen LogP contribution in [0, 0.1) is 0 Å². The molecule has 3 aromatic rings. The van der Waals surface area contributed by atoms with Crippen molar-refractivity contribution in [3.05, 3.63) is 100 Å². The molecule has 0 unspecified atom stereocenters. The third kappa shape index (κ3) is 3.68. The maximum Gasteiger partial charge on any atom is 0.163 e. The number of Topliss-reactive ketones (excluding diaryl/α,β-unsaturated/α-hetero) is 1. The largest absolute Gasteiger partial charge is 0.497 e. The normalized spacial score (nSPS) is 20.1. The van der Waals surface area contributed by atoms with Crippen molar-refractivity contribution in [2.75, 3.05) is 17.7 Å². The van der Waals surface area contributed by atoms with Crippen molar-refractivity contribution < 1.29 is 9.53 Å². The second-order valence-electron chi connectivity index (χ2n) is 7.96. The van der Waals surface area contributed by atoms with Gasteiger partial charge in [-0.2, -0.15) is 0 Å². The van der Waals surface area contributed by atoms with Crippen LogP contribution in [0.1, 0.15) is 35.9 Å². The summed E-state index contributed by atoms with van der Waals surface area (Å²) < 4.78 is 5.28. The molecule has 1 aliphatic heterocycles.